The van der Waals surface area contributed by atoms with E-state index in [0.29, 0.717) is 17.0 Å². The van der Waals surface area contributed by atoms with Gasteiger partial charge < -0.3 is 24.8 Å². The zero-order chi connectivity index (χ0) is 29.2. The van der Waals surface area contributed by atoms with E-state index in [4.69, 9.17) is 9.72 Å². The lowest BCUT2D eigenvalue weighted by Gasteiger charge is -2.30. The summed E-state index contributed by atoms with van der Waals surface area (Å²) < 4.78 is 9.85. The highest BCUT2D eigenvalue weighted by molar-refractivity contribution is 5.99. The Balaban J connectivity index is 1.30. The first kappa shape index (κ1) is 28.0. The molecule has 2 N–H and O–H groups in total. The maximum absolute atomic E-state index is 13.8. The minimum atomic E-state index is -0.375. The summed E-state index contributed by atoms with van der Waals surface area (Å²) in [5.74, 6) is 1.40. The van der Waals surface area contributed by atoms with Gasteiger partial charge in [0.05, 0.1) is 12.1 Å². The van der Waals surface area contributed by atoms with Crippen LogP contribution >= 0.6 is 0 Å². The molecule has 2 unspecified atom stereocenters. The fourth-order valence-corrected chi connectivity index (χ4v) is 5.82. The number of aromatic nitrogens is 5. The second-order valence-corrected chi connectivity index (χ2v) is 11.6. The number of Topliss-reactive ketones (excluding diaryl/α,β-unsaturated/α-hetero) is 1. The fraction of sp³-hybridized carbons (Fsp3) is 0.452. The van der Waals surface area contributed by atoms with E-state index in [1.807, 2.05) is 30.5 Å². The number of anilines is 2. The molecule has 6 rings (SSSR count). The molecule has 5 heterocycles. The standard InChI is InChI=1S/C31H38N8O3/c1-20(2)28(40)26-15-21-16-34-31(35-22-6-8-24(9-7-22)42-25-5-4-13-37(3)18-25)36-29(21)39(30(26)41)19-27-33-12-14-38(27)23-10-11-32-17-23/h6-9,12,14-16,20,23,25,32H,4-5,10-11,13,17-19H2,1-3H3,(H,34,35,36). The van der Waals surface area contributed by atoms with Gasteiger partial charge in [0.2, 0.25) is 5.95 Å². The average Bonchev–Trinajstić information content (AvgIpc) is 3.67. The summed E-state index contributed by atoms with van der Waals surface area (Å²) in [6.07, 6.45) is 8.73. The van der Waals surface area contributed by atoms with Crippen LogP contribution in [0, 0.1) is 5.92 Å². The van der Waals surface area contributed by atoms with Gasteiger partial charge in [-0.15, -0.1) is 0 Å². The minimum absolute atomic E-state index is 0.141. The van der Waals surface area contributed by atoms with Crippen molar-refractivity contribution in [1.29, 1.82) is 0 Å². The number of likely N-dealkylation sites (N-methyl/N-ethyl adjacent to an activating group) is 1. The van der Waals surface area contributed by atoms with Crippen molar-refractivity contribution in [1.82, 2.24) is 34.3 Å². The lowest BCUT2D eigenvalue weighted by atomic mass is 10.0. The zero-order valence-corrected chi connectivity index (χ0v) is 24.4. The largest absolute Gasteiger partial charge is 0.489 e. The van der Waals surface area contributed by atoms with Crippen molar-refractivity contribution in [3.63, 3.8) is 0 Å². The maximum Gasteiger partial charge on any atom is 0.263 e. The Morgan fingerprint density at radius 2 is 2.02 bits per heavy atom. The molecule has 220 valence electrons. The van der Waals surface area contributed by atoms with Gasteiger partial charge in [-0.05, 0) is 69.7 Å². The van der Waals surface area contributed by atoms with Crippen molar-refractivity contribution in [2.75, 3.05) is 38.5 Å². The number of ether oxygens (including phenoxy) is 1. The highest BCUT2D eigenvalue weighted by Crippen LogP contribution is 2.24. The van der Waals surface area contributed by atoms with Gasteiger partial charge in [-0.25, -0.2) is 9.97 Å². The normalized spacial score (nSPS) is 19.4. The quantitative estimate of drug-likeness (QED) is 0.291. The average molecular weight is 571 g/mol. The van der Waals surface area contributed by atoms with Crippen molar-refractivity contribution >= 4 is 28.5 Å². The predicted octanol–water partition coefficient (Wildman–Crippen LogP) is 3.63. The molecular formula is C31H38N8O3. The smallest absolute Gasteiger partial charge is 0.263 e. The molecule has 0 saturated carbocycles. The Labute approximate surface area is 244 Å². The van der Waals surface area contributed by atoms with E-state index in [2.05, 4.69) is 37.1 Å². The SMILES string of the molecule is CC(C)C(=O)c1cc2cnc(Nc3ccc(OC4CCCN(C)C4)cc3)nc2n(Cc2nccn2C2CCNC2)c1=O. The third-order valence-corrected chi connectivity index (χ3v) is 8.09. The van der Waals surface area contributed by atoms with Crippen molar-refractivity contribution < 1.29 is 9.53 Å². The van der Waals surface area contributed by atoms with Crippen LogP contribution in [-0.4, -0.2) is 74.1 Å². The van der Waals surface area contributed by atoms with Crippen LogP contribution in [0.15, 0.2) is 53.7 Å². The first-order valence-electron chi connectivity index (χ1n) is 14.7. The van der Waals surface area contributed by atoms with Crippen LogP contribution in [0.2, 0.25) is 0 Å². The Kier molecular flexibility index (Phi) is 8.03. The molecule has 0 spiro atoms. The number of likely N-dealkylation sites (tertiary alicyclic amines) is 1. The summed E-state index contributed by atoms with van der Waals surface area (Å²) in [5, 5.41) is 7.26. The van der Waals surface area contributed by atoms with Gasteiger partial charge in [0.1, 0.15) is 23.3 Å². The van der Waals surface area contributed by atoms with Crippen molar-refractivity contribution in [2.24, 2.45) is 5.92 Å². The van der Waals surface area contributed by atoms with Gasteiger partial charge in [0.25, 0.3) is 5.56 Å². The lowest BCUT2D eigenvalue weighted by molar-refractivity contribution is 0.0937. The molecule has 11 heteroatoms. The predicted molar refractivity (Wildman–Crippen MR) is 162 cm³/mol. The summed E-state index contributed by atoms with van der Waals surface area (Å²) >= 11 is 0. The molecule has 2 saturated heterocycles. The molecule has 0 bridgehead atoms. The van der Waals surface area contributed by atoms with Crippen molar-refractivity contribution in [2.45, 2.75) is 51.8 Å². The van der Waals surface area contributed by atoms with Crippen molar-refractivity contribution in [3.8, 4) is 5.75 Å². The molecule has 42 heavy (non-hydrogen) atoms. The van der Waals surface area contributed by atoms with Crippen LogP contribution < -0.4 is 20.9 Å². The molecule has 0 amide bonds. The maximum atomic E-state index is 13.8. The highest BCUT2D eigenvalue weighted by Gasteiger charge is 2.23. The second-order valence-electron chi connectivity index (χ2n) is 11.6. The molecule has 2 aliphatic heterocycles. The van der Waals surface area contributed by atoms with E-state index in [1.165, 1.54) is 0 Å². The fourth-order valence-electron chi connectivity index (χ4n) is 5.82. The number of fused-ring (bicyclic) bond motifs is 1. The number of piperidine rings is 1. The summed E-state index contributed by atoms with van der Waals surface area (Å²) in [4.78, 5) is 42.9. The Morgan fingerprint density at radius 3 is 2.76 bits per heavy atom. The minimum Gasteiger partial charge on any atom is -0.489 e. The van der Waals surface area contributed by atoms with Gasteiger partial charge in [0.15, 0.2) is 5.78 Å². The van der Waals surface area contributed by atoms with Crippen LogP contribution in [0.5, 0.6) is 5.75 Å². The van der Waals surface area contributed by atoms with E-state index in [9.17, 15) is 9.59 Å². The number of carbonyl (C=O) groups excluding carboxylic acids is 1. The van der Waals surface area contributed by atoms with Crippen molar-refractivity contribution in [3.05, 3.63) is 70.7 Å². The van der Waals surface area contributed by atoms with E-state index in [1.54, 1.807) is 36.9 Å². The van der Waals surface area contributed by atoms with Gasteiger partial charge >= 0.3 is 0 Å². The zero-order valence-electron chi connectivity index (χ0n) is 24.4. The van der Waals surface area contributed by atoms with Crippen LogP contribution in [0.3, 0.4) is 0 Å². The monoisotopic (exact) mass is 570 g/mol. The molecule has 0 radical (unpaired) electrons. The number of hydrogen-bond acceptors (Lipinski definition) is 9. The number of ketones is 1. The second kappa shape index (κ2) is 12.0. The molecule has 0 aliphatic carbocycles. The summed E-state index contributed by atoms with van der Waals surface area (Å²) in [5.41, 5.74) is 1.01. The number of nitrogens with one attached hydrogen (secondary N) is 2. The third kappa shape index (κ3) is 5.93. The molecule has 11 nitrogen and oxygen atoms in total. The first-order chi connectivity index (χ1) is 20.4. The van der Waals surface area contributed by atoms with Gasteiger partial charge in [0, 0.05) is 54.7 Å². The van der Waals surface area contributed by atoms with E-state index in [0.717, 1.165) is 62.7 Å². The number of rotatable bonds is 9. The molecule has 2 aliphatic rings. The molecular weight excluding hydrogens is 532 g/mol. The molecule has 2 fully saturated rings. The number of hydrogen-bond donors (Lipinski definition) is 2. The number of imidazole rings is 1. The third-order valence-electron chi connectivity index (χ3n) is 8.09. The summed E-state index contributed by atoms with van der Waals surface area (Å²) in [7, 11) is 2.12. The Bertz CT molecular complexity index is 1620. The molecule has 1 aromatic carbocycles. The Morgan fingerprint density at radius 1 is 1.19 bits per heavy atom. The Hall–Kier alpha value is -4.09. The van der Waals surface area contributed by atoms with E-state index < -0.39 is 0 Å². The molecule has 2 atom stereocenters. The van der Waals surface area contributed by atoms with Crippen LogP contribution in [0.4, 0.5) is 11.6 Å². The number of benzene rings is 1. The topological polar surface area (TPSA) is 119 Å². The lowest BCUT2D eigenvalue weighted by Crippen LogP contribution is -2.38. The van der Waals surface area contributed by atoms with Crippen LogP contribution in [-0.2, 0) is 6.54 Å². The van der Waals surface area contributed by atoms with Gasteiger partial charge in [-0.1, -0.05) is 13.8 Å². The van der Waals surface area contributed by atoms with E-state index >= 15 is 0 Å². The van der Waals surface area contributed by atoms with E-state index in [-0.39, 0.29) is 41.5 Å². The van der Waals surface area contributed by atoms with Gasteiger partial charge in [-0.3, -0.25) is 14.2 Å². The molecule has 3 aromatic heterocycles. The first-order valence-corrected chi connectivity index (χ1v) is 14.7. The van der Waals surface area contributed by atoms with Gasteiger partial charge in [-0.2, -0.15) is 4.98 Å². The molecule has 4 aromatic rings. The number of nitrogens with zero attached hydrogens (tertiary/aromatic N) is 6. The summed E-state index contributed by atoms with van der Waals surface area (Å²) in [6, 6.07) is 9.62. The highest BCUT2D eigenvalue weighted by atomic mass is 16.5. The number of pyridine rings is 1. The van der Waals surface area contributed by atoms with Crippen LogP contribution in [0.1, 0.15) is 55.3 Å². The van der Waals surface area contributed by atoms with Crippen LogP contribution in [0.25, 0.3) is 11.0 Å². The summed E-state index contributed by atoms with van der Waals surface area (Å²) in [6.45, 7) is 7.61. The number of carbonyl (C=O) groups is 1.